The summed E-state index contributed by atoms with van der Waals surface area (Å²) < 4.78 is 4.71. The van der Waals surface area contributed by atoms with E-state index in [1.807, 2.05) is 0 Å². The summed E-state index contributed by atoms with van der Waals surface area (Å²) in [7, 11) is 0. The molecule has 1 N–H and O–H groups in total. The molecule has 0 aliphatic carbocycles. The van der Waals surface area contributed by atoms with Gasteiger partial charge >= 0.3 is 5.97 Å². The van der Waals surface area contributed by atoms with Crippen LogP contribution in [0.25, 0.3) is 0 Å². The number of aromatic nitrogens is 1. The molecule has 1 aliphatic heterocycles. The number of aliphatic carboxylic acids is 1. The van der Waals surface area contributed by atoms with Crippen molar-refractivity contribution in [3.8, 4) is 0 Å². The maximum absolute atomic E-state index is 10.7. The molecule has 1 saturated heterocycles. The highest BCUT2D eigenvalue weighted by atomic mass is 16.5. The molecule has 1 atom stereocenters. The third-order valence-electron chi connectivity index (χ3n) is 2.51. The fraction of sp³-hybridized carbons (Fsp3) is 0.556. The highest BCUT2D eigenvalue weighted by Crippen LogP contribution is 2.18. The van der Waals surface area contributed by atoms with Crippen molar-refractivity contribution in [2.75, 3.05) is 13.1 Å². The molecule has 76 valence electrons. The average Bonchev–Trinajstić information content (AvgIpc) is 2.75. The molecular formula is C9H12N2O3. The van der Waals surface area contributed by atoms with Crippen molar-refractivity contribution in [2.45, 2.75) is 13.0 Å². The summed E-state index contributed by atoms with van der Waals surface area (Å²) >= 11 is 0. The summed E-state index contributed by atoms with van der Waals surface area (Å²) in [6, 6.07) is 0. The normalized spacial score (nSPS) is 22.7. The Hall–Kier alpha value is -1.36. The number of nitrogens with zero attached hydrogens (tertiary/aromatic N) is 2. The predicted molar refractivity (Wildman–Crippen MR) is 47.5 cm³/mol. The van der Waals surface area contributed by atoms with E-state index in [9.17, 15) is 4.79 Å². The first-order valence-corrected chi connectivity index (χ1v) is 4.59. The van der Waals surface area contributed by atoms with E-state index in [0.29, 0.717) is 6.54 Å². The SMILES string of the molecule is O=C(O)C1CCN(Cc2cnoc2)C1. The first-order valence-electron chi connectivity index (χ1n) is 4.59. The molecule has 5 nitrogen and oxygen atoms in total. The van der Waals surface area contributed by atoms with Gasteiger partial charge < -0.3 is 9.63 Å². The molecule has 1 aromatic heterocycles. The fourth-order valence-electron chi connectivity index (χ4n) is 1.74. The Morgan fingerprint density at radius 2 is 2.64 bits per heavy atom. The van der Waals surface area contributed by atoms with Crippen molar-refractivity contribution in [3.63, 3.8) is 0 Å². The van der Waals surface area contributed by atoms with Crippen LogP contribution in [0.5, 0.6) is 0 Å². The number of carboxylic acid groups (broad SMARTS) is 1. The first kappa shape index (κ1) is 9.21. The van der Waals surface area contributed by atoms with Crippen LogP contribution in [-0.4, -0.2) is 34.2 Å². The fourth-order valence-corrected chi connectivity index (χ4v) is 1.74. The van der Waals surface area contributed by atoms with Crippen LogP contribution in [0.15, 0.2) is 17.0 Å². The van der Waals surface area contributed by atoms with Gasteiger partial charge in [-0.05, 0) is 13.0 Å². The highest BCUT2D eigenvalue weighted by molar-refractivity contribution is 5.70. The van der Waals surface area contributed by atoms with E-state index < -0.39 is 5.97 Å². The van der Waals surface area contributed by atoms with Crippen LogP contribution >= 0.6 is 0 Å². The summed E-state index contributed by atoms with van der Waals surface area (Å²) in [5, 5.41) is 12.4. The van der Waals surface area contributed by atoms with E-state index in [1.165, 1.54) is 0 Å². The van der Waals surface area contributed by atoms with Crippen LogP contribution < -0.4 is 0 Å². The number of carbonyl (C=O) groups is 1. The first-order chi connectivity index (χ1) is 6.75. The maximum atomic E-state index is 10.7. The Morgan fingerprint density at radius 1 is 1.79 bits per heavy atom. The van der Waals surface area contributed by atoms with Gasteiger partial charge in [0.15, 0.2) is 0 Å². The average molecular weight is 196 g/mol. The van der Waals surface area contributed by atoms with Gasteiger partial charge in [0.1, 0.15) is 6.26 Å². The molecule has 2 heterocycles. The maximum Gasteiger partial charge on any atom is 0.307 e. The Balaban J connectivity index is 1.87. The van der Waals surface area contributed by atoms with Gasteiger partial charge in [-0.1, -0.05) is 5.16 Å². The minimum absolute atomic E-state index is 0.213. The number of hydrogen-bond acceptors (Lipinski definition) is 4. The molecule has 1 fully saturated rings. The van der Waals surface area contributed by atoms with Crippen molar-refractivity contribution >= 4 is 5.97 Å². The molecular weight excluding hydrogens is 184 g/mol. The van der Waals surface area contributed by atoms with E-state index >= 15 is 0 Å². The lowest BCUT2D eigenvalue weighted by Crippen LogP contribution is -2.22. The molecule has 0 saturated carbocycles. The molecule has 2 rings (SSSR count). The minimum atomic E-state index is -0.696. The lowest BCUT2D eigenvalue weighted by molar-refractivity contribution is -0.141. The van der Waals surface area contributed by atoms with Gasteiger partial charge in [0.05, 0.1) is 12.1 Å². The zero-order valence-corrected chi connectivity index (χ0v) is 7.72. The summed E-state index contributed by atoms with van der Waals surface area (Å²) in [6.07, 6.45) is 3.99. The zero-order valence-electron chi connectivity index (χ0n) is 7.72. The lowest BCUT2D eigenvalue weighted by Gasteiger charge is -2.12. The number of likely N-dealkylation sites (tertiary alicyclic amines) is 1. The molecule has 0 spiro atoms. The second-order valence-corrected chi connectivity index (χ2v) is 3.59. The Morgan fingerprint density at radius 3 is 3.21 bits per heavy atom. The molecule has 5 heteroatoms. The van der Waals surface area contributed by atoms with E-state index in [2.05, 4.69) is 10.1 Å². The van der Waals surface area contributed by atoms with Gasteiger partial charge in [-0.2, -0.15) is 0 Å². The van der Waals surface area contributed by atoms with E-state index in [-0.39, 0.29) is 5.92 Å². The van der Waals surface area contributed by atoms with Gasteiger partial charge in [-0.15, -0.1) is 0 Å². The quantitative estimate of drug-likeness (QED) is 0.766. The van der Waals surface area contributed by atoms with Gasteiger partial charge in [-0.3, -0.25) is 9.69 Å². The topological polar surface area (TPSA) is 66.6 Å². The lowest BCUT2D eigenvalue weighted by atomic mass is 10.1. The monoisotopic (exact) mass is 196 g/mol. The van der Waals surface area contributed by atoms with Crippen LogP contribution in [0.3, 0.4) is 0 Å². The molecule has 1 aromatic rings. The third-order valence-corrected chi connectivity index (χ3v) is 2.51. The van der Waals surface area contributed by atoms with Crippen LogP contribution in [0.4, 0.5) is 0 Å². The van der Waals surface area contributed by atoms with Gasteiger partial charge in [0, 0.05) is 18.7 Å². The molecule has 0 bridgehead atoms. The molecule has 1 unspecified atom stereocenters. The van der Waals surface area contributed by atoms with Crippen LogP contribution in [-0.2, 0) is 11.3 Å². The van der Waals surface area contributed by atoms with Crippen molar-refractivity contribution < 1.29 is 14.4 Å². The van der Waals surface area contributed by atoms with Crippen LogP contribution in [0, 0.1) is 5.92 Å². The van der Waals surface area contributed by atoms with E-state index in [0.717, 1.165) is 25.1 Å². The minimum Gasteiger partial charge on any atom is -0.481 e. The zero-order chi connectivity index (χ0) is 9.97. The van der Waals surface area contributed by atoms with Crippen LogP contribution in [0.2, 0.25) is 0 Å². The Kier molecular flexibility index (Phi) is 2.49. The summed E-state index contributed by atoms with van der Waals surface area (Å²) in [4.78, 5) is 12.8. The summed E-state index contributed by atoms with van der Waals surface area (Å²) in [5.41, 5.74) is 0.996. The Bertz CT molecular complexity index is 310. The number of rotatable bonds is 3. The standard InChI is InChI=1S/C9H12N2O3/c12-9(13)8-1-2-11(5-8)4-7-3-10-14-6-7/h3,6,8H,1-2,4-5H2,(H,12,13). The second-order valence-electron chi connectivity index (χ2n) is 3.59. The van der Waals surface area contributed by atoms with Crippen molar-refractivity contribution in [1.29, 1.82) is 0 Å². The van der Waals surface area contributed by atoms with Crippen molar-refractivity contribution in [1.82, 2.24) is 10.1 Å². The number of carboxylic acids is 1. The smallest absolute Gasteiger partial charge is 0.307 e. The second kappa shape index (κ2) is 3.79. The summed E-state index contributed by atoms with van der Waals surface area (Å²) in [6.45, 7) is 2.19. The van der Waals surface area contributed by atoms with Gasteiger partial charge in [0.2, 0.25) is 0 Å². The number of hydrogen-bond donors (Lipinski definition) is 1. The summed E-state index contributed by atoms with van der Waals surface area (Å²) in [5.74, 6) is -0.910. The Labute approximate surface area is 81.3 Å². The molecule has 0 amide bonds. The van der Waals surface area contributed by atoms with Crippen molar-refractivity contribution in [3.05, 3.63) is 18.0 Å². The molecule has 0 aromatic carbocycles. The van der Waals surface area contributed by atoms with Crippen LogP contribution in [0.1, 0.15) is 12.0 Å². The highest BCUT2D eigenvalue weighted by Gasteiger charge is 2.27. The van der Waals surface area contributed by atoms with Gasteiger partial charge in [-0.25, -0.2) is 0 Å². The van der Waals surface area contributed by atoms with E-state index in [1.54, 1.807) is 12.5 Å². The molecule has 0 radical (unpaired) electrons. The third kappa shape index (κ3) is 1.93. The van der Waals surface area contributed by atoms with Crippen molar-refractivity contribution in [2.24, 2.45) is 5.92 Å². The largest absolute Gasteiger partial charge is 0.481 e. The van der Waals surface area contributed by atoms with Gasteiger partial charge in [0.25, 0.3) is 0 Å². The predicted octanol–water partition coefficient (Wildman–Crippen LogP) is 0.581. The molecule has 14 heavy (non-hydrogen) atoms. The molecule has 1 aliphatic rings. The van der Waals surface area contributed by atoms with E-state index in [4.69, 9.17) is 9.63 Å².